The second kappa shape index (κ2) is 8.25. The number of oxime groups is 1. The molecule has 5 heterocycles. The zero-order chi connectivity index (χ0) is 24.9. The molecule has 1 aromatic rings. The number of fused-ring (bicyclic) bond motifs is 2. The van der Waals surface area contributed by atoms with Gasteiger partial charge in [0, 0.05) is 35.0 Å². The number of β-lactam (4-membered cyclic amide) rings is 1. The van der Waals surface area contributed by atoms with Gasteiger partial charge in [-0.1, -0.05) is 15.4 Å². The fraction of sp³-hybridized carbons (Fsp3) is 0.235. The highest BCUT2D eigenvalue weighted by molar-refractivity contribution is 8.00. The summed E-state index contributed by atoms with van der Waals surface area (Å²) in [5.74, 6) is -3.36. The summed E-state index contributed by atoms with van der Waals surface area (Å²) in [5, 5.41) is 33.6. The van der Waals surface area contributed by atoms with Crippen LogP contribution in [-0.2, 0) is 19.2 Å². The lowest BCUT2D eigenvalue weighted by molar-refractivity contribution is -0.772. The number of nitrogens with one attached hydrogen (secondary N) is 2. The Labute approximate surface area is 203 Å². The minimum atomic E-state index is -1.59. The van der Waals surface area contributed by atoms with Crippen LogP contribution in [0.5, 0.6) is 0 Å². The molecule has 1 fully saturated rings. The van der Waals surface area contributed by atoms with Crippen molar-refractivity contribution in [1.82, 2.24) is 25.0 Å². The third-order valence-electron chi connectivity index (χ3n) is 5.45. The number of nitrogen functional groups attached to an aromatic ring is 1. The lowest BCUT2D eigenvalue weighted by Gasteiger charge is -2.51. The van der Waals surface area contributed by atoms with Crippen LogP contribution >= 0.6 is 23.3 Å². The Kier molecular flexibility index (Phi) is 5.33. The van der Waals surface area contributed by atoms with Crippen LogP contribution in [0.3, 0.4) is 0 Å². The number of amidine groups is 1. The molecule has 0 bridgehead atoms. The SMILES string of the molecule is Nc1nc(/C(=N/O)C(=O)N[C@@H]2C(=O)N3C(C(=O)[O-])=C(C[N+]45C=NN=C4C=CC(=O)N5)CSC23)ns1. The van der Waals surface area contributed by atoms with Crippen molar-refractivity contribution in [3.8, 4) is 0 Å². The first kappa shape index (κ1) is 22.6. The molecular weight excluding hydrogens is 504 g/mol. The van der Waals surface area contributed by atoms with Gasteiger partial charge in [0.2, 0.25) is 17.9 Å². The summed E-state index contributed by atoms with van der Waals surface area (Å²) in [6.07, 6.45) is 4.09. The number of nitrogens with zero attached hydrogens (tertiary/aromatic N) is 7. The molecule has 3 amide bonds. The first-order valence-electron chi connectivity index (χ1n) is 9.75. The van der Waals surface area contributed by atoms with Crippen LogP contribution in [0.4, 0.5) is 5.13 Å². The Hall–Kier alpha value is -4.16. The molecule has 1 saturated heterocycles. The van der Waals surface area contributed by atoms with Gasteiger partial charge in [0.05, 0.1) is 11.7 Å². The summed E-state index contributed by atoms with van der Waals surface area (Å²) in [6.45, 7) is -0.0551. The minimum Gasteiger partial charge on any atom is -0.543 e. The number of anilines is 1. The molecule has 180 valence electrons. The number of nitrogens with two attached hydrogens (primary N) is 1. The zero-order valence-corrected chi connectivity index (χ0v) is 18.9. The van der Waals surface area contributed by atoms with Gasteiger partial charge in [0.1, 0.15) is 18.0 Å². The summed E-state index contributed by atoms with van der Waals surface area (Å²) >= 11 is 1.98. The Morgan fingerprint density at radius 3 is 2.89 bits per heavy atom. The number of carbonyl (C=O) groups is 4. The van der Waals surface area contributed by atoms with Crippen molar-refractivity contribution in [1.29, 1.82) is 0 Å². The highest BCUT2D eigenvalue weighted by atomic mass is 32.2. The Bertz CT molecular complexity index is 1330. The summed E-state index contributed by atoms with van der Waals surface area (Å²) < 4.78 is 3.46. The van der Waals surface area contributed by atoms with Crippen molar-refractivity contribution >= 4 is 70.0 Å². The summed E-state index contributed by atoms with van der Waals surface area (Å²) in [5.41, 5.74) is 7.57. The molecule has 0 radical (unpaired) electrons. The van der Waals surface area contributed by atoms with Crippen molar-refractivity contribution < 1.29 is 34.1 Å². The smallest absolute Gasteiger partial charge is 0.289 e. The van der Waals surface area contributed by atoms with E-state index in [2.05, 4.69) is 35.5 Å². The third-order valence-corrected chi connectivity index (χ3v) is 7.33. The predicted octanol–water partition coefficient (Wildman–Crippen LogP) is -3.52. The van der Waals surface area contributed by atoms with E-state index in [9.17, 15) is 29.5 Å². The second-order valence-corrected chi connectivity index (χ2v) is 9.42. The lowest BCUT2D eigenvalue weighted by atomic mass is 10.0. The average molecular weight is 518 g/mol. The summed E-state index contributed by atoms with van der Waals surface area (Å²) in [4.78, 5) is 54.3. The Morgan fingerprint density at radius 1 is 1.40 bits per heavy atom. The number of aliphatic carboxylic acids is 1. The molecule has 1 aromatic heterocycles. The molecule has 5 N–H and O–H groups in total. The number of amides is 3. The third kappa shape index (κ3) is 3.63. The normalized spacial score (nSPS) is 27.1. The average Bonchev–Trinajstić information content (AvgIpc) is 3.43. The summed E-state index contributed by atoms with van der Waals surface area (Å²) in [6, 6.07) is -1.11. The molecule has 16 nitrogen and oxygen atoms in total. The van der Waals surface area contributed by atoms with Gasteiger partial charge >= 0.3 is 0 Å². The first-order valence-corrected chi connectivity index (χ1v) is 11.6. The van der Waals surface area contributed by atoms with Crippen molar-refractivity contribution in [3.05, 3.63) is 29.2 Å². The van der Waals surface area contributed by atoms with Crippen LogP contribution in [-0.4, -0.2) is 89.3 Å². The van der Waals surface area contributed by atoms with Gasteiger partial charge in [-0.2, -0.15) is 14.8 Å². The van der Waals surface area contributed by atoms with Gasteiger partial charge in [-0.3, -0.25) is 19.3 Å². The Morgan fingerprint density at radius 2 is 2.20 bits per heavy atom. The number of hydrogen-bond acceptors (Lipinski definition) is 14. The van der Waals surface area contributed by atoms with Gasteiger partial charge in [-0.25, -0.2) is 0 Å². The number of aromatic nitrogens is 2. The number of carboxylic acids is 1. The monoisotopic (exact) mass is 518 g/mol. The molecule has 35 heavy (non-hydrogen) atoms. The molecule has 0 spiro atoms. The van der Waals surface area contributed by atoms with Crippen LogP contribution in [0.2, 0.25) is 0 Å². The highest BCUT2D eigenvalue weighted by Gasteiger charge is 2.54. The molecule has 4 aliphatic heterocycles. The second-order valence-electron chi connectivity index (χ2n) is 7.53. The lowest BCUT2D eigenvalue weighted by Crippen LogP contribution is -2.72. The maximum absolute atomic E-state index is 12.9. The van der Waals surface area contributed by atoms with Gasteiger partial charge in [-0.05, 0) is 0 Å². The largest absolute Gasteiger partial charge is 0.543 e. The number of thioether (sulfide) groups is 1. The first-order chi connectivity index (χ1) is 16.7. The molecule has 4 aliphatic rings. The van der Waals surface area contributed by atoms with E-state index in [1.54, 1.807) is 0 Å². The standard InChI is InChI=1S/C17H14N10O6S2/c18-17-21-12(25-35-17)9(24-33)13(29)20-10-14(30)26-11(16(31)32)6(4-34-15(10)26)3-27-5-19-22-7(27)1-2-8(28)23-27/h1-2,5,10,15H,3-4H2,(H5-,18,20,21,23,25,28,29,31,32,33)/t10-,15?,27?/m1/s1. The predicted molar refractivity (Wildman–Crippen MR) is 118 cm³/mol. The fourth-order valence-corrected chi connectivity index (χ4v) is 5.71. The van der Waals surface area contributed by atoms with Gasteiger partial charge in [-0.15, -0.1) is 16.4 Å². The Balaban J connectivity index is 1.37. The van der Waals surface area contributed by atoms with Crippen LogP contribution in [0.25, 0.3) is 0 Å². The number of carboxylic acid groups (broad SMARTS) is 1. The van der Waals surface area contributed by atoms with Crippen LogP contribution in [0, 0.1) is 0 Å². The van der Waals surface area contributed by atoms with Crippen LogP contribution in [0.1, 0.15) is 5.82 Å². The molecule has 0 aromatic carbocycles. The quantitative estimate of drug-likeness (QED) is 0.0953. The topological polar surface area (TPSA) is 228 Å². The van der Waals surface area contributed by atoms with E-state index in [-0.39, 0.29) is 33.5 Å². The minimum absolute atomic E-state index is 0.0435. The number of carbonyl (C=O) groups excluding carboxylic acids is 4. The highest BCUT2D eigenvalue weighted by Crippen LogP contribution is 2.41. The van der Waals surface area contributed by atoms with E-state index >= 15 is 0 Å². The van der Waals surface area contributed by atoms with E-state index in [1.165, 1.54) is 30.3 Å². The maximum atomic E-state index is 12.9. The van der Waals surface area contributed by atoms with E-state index in [0.717, 1.165) is 16.4 Å². The molecule has 3 atom stereocenters. The van der Waals surface area contributed by atoms with E-state index in [4.69, 9.17) is 5.73 Å². The zero-order valence-electron chi connectivity index (χ0n) is 17.3. The molecule has 0 aliphatic carbocycles. The molecule has 18 heteroatoms. The molecule has 0 saturated carbocycles. The van der Waals surface area contributed by atoms with E-state index < -0.39 is 40.8 Å². The van der Waals surface area contributed by atoms with Gasteiger partial charge < -0.3 is 26.2 Å². The van der Waals surface area contributed by atoms with Gasteiger partial charge in [0.25, 0.3) is 23.6 Å². The van der Waals surface area contributed by atoms with Crippen molar-refractivity contribution in [3.63, 3.8) is 0 Å². The fourth-order valence-electron chi connectivity index (χ4n) is 3.94. The van der Waals surface area contributed by atoms with E-state index in [0.29, 0.717) is 11.4 Å². The molecular formula is C17H14N10O6S2. The number of rotatable bonds is 6. The van der Waals surface area contributed by atoms with Crippen molar-refractivity contribution in [2.75, 3.05) is 18.0 Å². The maximum Gasteiger partial charge on any atom is 0.289 e. The molecule has 5 rings (SSSR count). The van der Waals surface area contributed by atoms with E-state index in [1.807, 2.05) is 0 Å². The van der Waals surface area contributed by atoms with Crippen molar-refractivity contribution in [2.45, 2.75) is 11.4 Å². The summed E-state index contributed by atoms with van der Waals surface area (Å²) in [7, 11) is 0. The molecule has 2 unspecified atom stereocenters. The van der Waals surface area contributed by atoms with Gasteiger partial charge in [0.15, 0.2) is 5.13 Å². The van der Waals surface area contributed by atoms with Crippen molar-refractivity contribution in [2.24, 2.45) is 15.4 Å². The van der Waals surface area contributed by atoms with Crippen LogP contribution < -0.4 is 21.6 Å². The number of quaternary nitrogens is 1. The number of hydrogen-bond donors (Lipinski definition) is 4. The van der Waals surface area contributed by atoms with Crippen LogP contribution in [0.15, 0.2) is 38.8 Å².